The SMILES string of the molecule is C.Cc1ccc(Cl)cc1-c1c[nH]cc1C#N.Cc1ccc(Cl)cc1-c1cn(-c2cc(N)ncn2)cc1C#N.[CH2-]I.[V]. The molecule has 5 rings (SSSR count). The predicted octanol–water partition coefficient (Wildman–Crippen LogP) is 8.71. The second-order valence-electron chi connectivity index (χ2n) is 8.22. The fourth-order valence-electron chi connectivity index (χ4n) is 3.84. The van der Waals surface area contributed by atoms with E-state index in [4.69, 9.17) is 34.2 Å². The number of benzene rings is 2. The maximum absolute atomic E-state index is 9.40. The van der Waals surface area contributed by atoms with Crippen LogP contribution in [0.25, 0.3) is 28.1 Å². The van der Waals surface area contributed by atoms with Crippen LogP contribution in [-0.2, 0) is 18.6 Å². The van der Waals surface area contributed by atoms with E-state index in [0.29, 0.717) is 32.8 Å². The Morgan fingerprint density at radius 2 is 1.39 bits per heavy atom. The molecular formula is C30H27Cl2IN7V-. The van der Waals surface area contributed by atoms with Crippen LogP contribution in [0.4, 0.5) is 5.82 Å². The standard InChI is InChI=1S/C16H12ClN5.C12H9ClN2.CH2I.CH4.V/c1-10-2-3-12(17)4-13(10)14-8-22(7-11(14)6-18)16-5-15(19)20-9-21-16;1-8-2-3-10(13)4-11(8)12-7-15-6-9(12)5-14;1-2;;/h2-5,7-9H,1H3,(H2,19,20,21);2-4,6-7,15H,1H3;1H2;1H4;/q;;-1;;. The number of halogens is 3. The molecule has 2 aromatic carbocycles. The van der Waals surface area contributed by atoms with Crippen LogP contribution in [0.2, 0.25) is 10.0 Å². The van der Waals surface area contributed by atoms with Gasteiger partial charge >= 0.3 is 0 Å². The molecule has 5 aromatic rings. The van der Waals surface area contributed by atoms with Crippen molar-refractivity contribution in [1.82, 2.24) is 19.5 Å². The number of nitrogens with two attached hydrogens (primary N) is 1. The van der Waals surface area contributed by atoms with Gasteiger partial charge in [-0.2, -0.15) is 10.5 Å². The minimum absolute atomic E-state index is 0. The number of rotatable bonds is 3. The third kappa shape index (κ3) is 8.87. The van der Waals surface area contributed by atoms with E-state index in [9.17, 15) is 5.26 Å². The summed E-state index contributed by atoms with van der Waals surface area (Å²) in [4.78, 5) is 14.2. The summed E-state index contributed by atoms with van der Waals surface area (Å²) in [5.41, 5.74) is 12.6. The first kappa shape index (κ1) is 35.8. The number of nitrogens with zero attached hydrogens (tertiary/aromatic N) is 5. The molecule has 0 atom stereocenters. The van der Waals surface area contributed by atoms with Gasteiger partial charge in [-0.1, -0.05) is 42.8 Å². The number of nitrogens with one attached hydrogen (secondary N) is 1. The Morgan fingerprint density at radius 1 is 0.829 bits per heavy atom. The summed E-state index contributed by atoms with van der Waals surface area (Å²) in [6, 6.07) is 17.3. The molecule has 3 aromatic heterocycles. The molecule has 0 aliphatic carbocycles. The molecule has 41 heavy (non-hydrogen) atoms. The summed E-state index contributed by atoms with van der Waals surface area (Å²) in [6.07, 6.45) is 8.46. The number of nitriles is 2. The van der Waals surface area contributed by atoms with Gasteiger partial charge in [-0.15, -0.1) is 0 Å². The molecule has 0 bridgehead atoms. The Balaban J connectivity index is 0.000000390. The zero-order chi connectivity index (χ0) is 28.5. The minimum Gasteiger partial charge on any atom is -0.384 e. The number of hydrogen-bond donors (Lipinski definition) is 2. The first-order valence-electron chi connectivity index (χ1n) is 11.4. The molecule has 3 heterocycles. The Labute approximate surface area is 276 Å². The number of aromatic amines is 1. The van der Waals surface area contributed by atoms with Crippen molar-refractivity contribution >= 4 is 51.6 Å². The third-order valence-corrected chi connectivity index (χ3v) is 6.20. The molecule has 0 aliphatic rings. The van der Waals surface area contributed by atoms with E-state index < -0.39 is 0 Å². The molecule has 7 nitrogen and oxygen atoms in total. The van der Waals surface area contributed by atoms with Crippen molar-refractivity contribution in [3.8, 4) is 40.2 Å². The zero-order valence-corrected chi connectivity index (χ0v) is 26.6. The molecule has 1 radical (unpaired) electrons. The Morgan fingerprint density at radius 3 is 1.93 bits per heavy atom. The van der Waals surface area contributed by atoms with Crippen LogP contribution in [0.15, 0.2) is 73.6 Å². The quantitative estimate of drug-likeness (QED) is 0.142. The van der Waals surface area contributed by atoms with Gasteiger partial charge in [0.1, 0.15) is 30.1 Å². The number of aryl methyl sites for hydroxylation is 2. The summed E-state index contributed by atoms with van der Waals surface area (Å²) in [5.74, 6) is 0.979. The molecule has 3 N–H and O–H groups in total. The van der Waals surface area contributed by atoms with Crippen molar-refractivity contribution in [2.24, 2.45) is 0 Å². The Kier molecular flexibility index (Phi) is 14.7. The summed E-state index contributed by atoms with van der Waals surface area (Å²) in [7, 11) is 0. The van der Waals surface area contributed by atoms with Crippen LogP contribution < -0.4 is 5.73 Å². The molecule has 11 heteroatoms. The number of aromatic nitrogens is 4. The largest absolute Gasteiger partial charge is 0.384 e. The van der Waals surface area contributed by atoms with Gasteiger partial charge in [-0.3, -0.25) is 4.93 Å². The van der Waals surface area contributed by atoms with Crippen LogP contribution in [0.5, 0.6) is 0 Å². The molecule has 0 amide bonds. The van der Waals surface area contributed by atoms with Crippen LogP contribution >= 0.6 is 45.8 Å². The van der Waals surface area contributed by atoms with Crippen molar-refractivity contribution < 1.29 is 18.6 Å². The maximum Gasteiger partial charge on any atom is 0.142 e. The van der Waals surface area contributed by atoms with E-state index in [1.807, 2.05) is 85.2 Å². The zero-order valence-electron chi connectivity index (χ0n) is 21.5. The number of hydrogen-bond acceptors (Lipinski definition) is 5. The fraction of sp³-hybridized carbons (Fsp3) is 0.100. The van der Waals surface area contributed by atoms with E-state index in [2.05, 4.69) is 32.0 Å². The van der Waals surface area contributed by atoms with Crippen LogP contribution in [0.1, 0.15) is 29.7 Å². The molecule has 0 fully saturated rings. The molecular weight excluding hydrogens is 707 g/mol. The van der Waals surface area contributed by atoms with E-state index >= 15 is 0 Å². The summed E-state index contributed by atoms with van der Waals surface area (Å²) in [5, 5.41) is 19.6. The minimum atomic E-state index is 0. The molecule has 209 valence electrons. The van der Waals surface area contributed by atoms with Crippen LogP contribution in [-0.4, -0.2) is 19.5 Å². The van der Waals surface area contributed by atoms with Gasteiger partial charge in [0.2, 0.25) is 0 Å². The average Bonchev–Trinajstić information content (AvgIpc) is 3.60. The number of nitrogen functional groups attached to an aromatic ring is 1. The number of anilines is 1. The third-order valence-electron chi connectivity index (χ3n) is 5.73. The van der Waals surface area contributed by atoms with Gasteiger partial charge in [-0.05, 0) is 60.4 Å². The van der Waals surface area contributed by atoms with Crippen molar-refractivity contribution in [2.45, 2.75) is 21.3 Å². The molecule has 0 saturated carbocycles. The van der Waals surface area contributed by atoms with Crippen molar-refractivity contribution in [3.63, 3.8) is 0 Å². The van der Waals surface area contributed by atoms with Gasteiger partial charge in [-0.25, -0.2) is 9.97 Å². The van der Waals surface area contributed by atoms with E-state index in [1.165, 1.54) is 6.33 Å². The van der Waals surface area contributed by atoms with Gasteiger partial charge in [0, 0.05) is 70.6 Å². The van der Waals surface area contributed by atoms with Crippen molar-refractivity contribution in [1.29, 1.82) is 10.5 Å². The molecule has 0 spiro atoms. The van der Waals surface area contributed by atoms with Gasteiger partial charge in [0.05, 0.1) is 11.1 Å². The van der Waals surface area contributed by atoms with Gasteiger partial charge in [0.15, 0.2) is 0 Å². The van der Waals surface area contributed by atoms with Crippen molar-refractivity contribution in [2.75, 3.05) is 5.73 Å². The maximum atomic E-state index is 9.40. The van der Waals surface area contributed by atoms with Crippen LogP contribution in [0, 0.1) is 41.4 Å². The molecule has 0 saturated heterocycles. The first-order chi connectivity index (χ1) is 18.8. The second kappa shape index (κ2) is 16.9. The smallest absolute Gasteiger partial charge is 0.142 e. The molecule has 0 unspecified atom stereocenters. The fourth-order valence-corrected chi connectivity index (χ4v) is 4.19. The Bertz CT molecular complexity index is 1680. The normalized spacial score (nSPS) is 9.37. The second-order valence-corrected chi connectivity index (χ2v) is 9.09. The van der Waals surface area contributed by atoms with Crippen molar-refractivity contribution in [3.05, 3.63) is 111 Å². The van der Waals surface area contributed by atoms with E-state index in [0.717, 1.165) is 33.4 Å². The van der Waals surface area contributed by atoms with Gasteiger partial charge in [0.25, 0.3) is 0 Å². The Hall–Kier alpha value is -3.25. The summed E-state index contributed by atoms with van der Waals surface area (Å²) < 4.78 is 1.76. The molecule has 0 aliphatic heterocycles. The topological polar surface area (TPSA) is 120 Å². The summed E-state index contributed by atoms with van der Waals surface area (Å²) >= 11 is 13.9. The first-order valence-corrected chi connectivity index (χ1v) is 13.7. The van der Waals surface area contributed by atoms with E-state index in [1.54, 1.807) is 23.0 Å². The number of H-pyrrole nitrogens is 1. The summed E-state index contributed by atoms with van der Waals surface area (Å²) in [6.45, 7) is 3.98. The average molecular weight is 734 g/mol. The monoisotopic (exact) mass is 733 g/mol. The van der Waals surface area contributed by atoms with E-state index in [-0.39, 0.29) is 26.0 Å². The van der Waals surface area contributed by atoms with Crippen LogP contribution in [0.3, 0.4) is 0 Å². The predicted molar refractivity (Wildman–Crippen MR) is 172 cm³/mol. The van der Waals surface area contributed by atoms with Gasteiger partial charge < -0.3 is 37.9 Å².